The van der Waals surface area contributed by atoms with Gasteiger partial charge in [0.05, 0.1) is 11.5 Å². The summed E-state index contributed by atoms with van der Waals surface area (Å²) in [5, 5.41) is 2.19. The van der Waals surface area contributed by atoms with Crippen LogP contribution in [0.4, 0.5) is 10.5 Å². The van der Waals surface area contributed by atoms with Crippen molar-refractivity contribution in [2.75, 3.05) is 18.5 Å². The van der Waals surface area contributed by atoms with Crippen molar-refractivity contribution in [3.05, 3.63) is 58.5 Å². The molecular weight excluding hydrogens is 432 g/mol. The van der Waals surface area contributed by atoms with Gasteiger partial charge in [0, 0.05) is 12.6 Å². The highest BCUT2D eigenvalue weighted by Crippen LogP contribution is 2.34. The highest BCUT2D eigenvalue weighted by atomic mass is 32.2. The highest BCUT2D eigenvalue weighted by molar-refractivity contribution is 8.18. The van der Waals surface area contributed by atoms with Crippen LogP contribution in [0.5, 0.6) is 11.5 Å². The number of nitrogens with zero attached hydrogens (tertiary/aromatic N) is 1. The zero-order chi connectivity index (χ0) is 23.3. The van der Waals surface area contributed by atoms with E-state index in [1.807, 2.05) is 19.1 Å². The zero-order valence-corrected chi connectivity index (χ0v) is 18.7. The summed E-state index contributed by atoms with van der Waals surface area (Å²) in [6.07, 6.45) is 1.53. The number of ether oxygens (including phenoxy) is 2. The second-order valence-electron chi connectivity index (χ2n) is 6.86. The van der Waals surface area contributed by atoms with Crippen LogP contribution in [-0.2, 0) is 14.4 Å². The number of carbonyl (C=O) groups is 4. The molecule has 0 radical (unpaired) electrons. The number of imide groups is 1. The standard InChI is InChI=1S/C23H22N2O6S/c1-4-30-19-11-16(9-10-18(19)31-15(3)26)12-20-22(28)25(23(29)32-20)13-21(27)24-17-8-6-5-7-14(17)2/h5-12H,4,13H2,1-3H3,(H,24,27)/b20-12+. The van der Waals surface area contributed by atoms with E-state index in [0.29, 0.717) is 23.6 Å². The molecule has 1 aliphatic heterocycles. The lowest BCUT2D eigenvalue weighted by Crippen LogP contribution is -2.36. The topological polar surface area (TPSA) is 102 Å². The van der Waals surface area contributed by atoms with Crippen LogP contribution in [0.25, 0.3) is 6.08 Å². The van der Waals surface area contributed by atoms with Gasteiger partial charge < -0.3 is 14.8 Å². The maximum atomic E-state index is 12.7. The van der Waals surface area contributed by atoms with Gasteiger partial charge >= 0.3 is 5.97 Å². The van der Waals surface area contributed by atoms with Gasteiger partial charge in [-0.25, -0.2) is 0 Å². The van der Waals surface area contributed by atoms with Crippen LogP contribution in [0.15, 0.2) is 47.4 Å². The second-order valence-corrected chi connectivity index (χ2v) is 7.86. The molecule has 1 saturated heterocycles. The zero-order valence-electron chi connectivity index (χ0n) is 17.8. The molecule has 0 atom stereocenters. The molecule has 1 aliphatic rings. The third-order valence-corrected chi connectivity index (χ3v) is 5.32. The van der Waals surface area contributed by atoms with Gasteiger partial charge in [-0.05, 0) is 61.0 Å². The van der Waals surface area contributed by atoms with Gasteiger partial charge in [-0.15, -0.1) is 0 Å². The minimum atomic E-state index is -0.554. The SMILES string of the molecule is CCOc1cc(/C=C2/SC(=O)N(CC(=O)Nc3ccccc3C)C2=O)ccc1OC(C)=O. The van der Waals surface area contributed by atoms with E-state index in [1.54, 1.807) is 37.3 Å². The van der Waals surface area contributed by atoms with Crippen molar-refractivity contribution in [2.45, 2.75) is 20.8 Å². The van der Waals surface area contributed by atoms with Gasteiger partial charge in [-0.2, -0.15) is 0 Å². The number of nitrogens with one attached hydrogen (secondary N) is 1. The number of thioether (sulfide) groups is 1. The minimum absolute atomic E-state index is 0.182. The van der Waals surface area contributed by atoms with Crippen LogP contribution in [-0.4, -0.2) is 41.1 Å². The Balaban J connectivity index is 1.75. The fourth-order valence-electron chi connectivity index (χ4n) is 2.96. The first-order valence-electron chi connectivity index (χ1n) is 9.84. The first-order valence-corrected chi connectivity index (χ1v) is 10.7. The quantitative estimate of drug-likeness (QED) is 0.383. The largest absolute Gasteiger partial charge is 0.490 e. The van der Waals surface area contributed by atoms with E-state index in [0.717, 1.165) is 22.2 Å². The molecule has 1 heterocycles. The summed E-state index contributed by atoms with van der Waals surface area (Å²) in [5.74, 6) is -0.899. The maximum Gasteiger partial charge on any atom is 0.308 e. The van der Waals surface area contributed by atoms with E-state index < -0.39 is 23.0 Å². The third kappa shape index (κ3) is 5.55. The van der Waals surface area contributed by atoms with Gasteiger partial charge in [0.15, 0.2) is 11.5 Å². The fourth-order valence-corrected chi connectivity index (χ4v) is 3.79. The molecule has 0 unspecified atom stereocenters. The lowest BCUT2D eigenvalue weighted by atomic mass is 10.2. The van der Waals surface area contributed by atoms with E-state index in [4.69, 9.17) is 9.47 Å². The van der Waals surface area contributed by atoms with Crippen molar-refractivity contribution in [1.82, 2.24) is 4.90 Å². The van der Waals surface area contributed by atoms with Crippen molar-refractivity contribution in [2.24, 2.45) is 0 Å². The van der Waals surface area contributed by atoms with Gasteiger partial charge in [0.1, 0.15) is 6.54 Å². The monoisotopic (exact) mass is 454 g/mol. The smallest absolute Gasteiger partial charge is 0.308 e. The number of amides is 3. The van der Waals surface area contributed by atoms with Crippen LogP contribution in [0.2, 0.25) is 0 Å². The molecule has 8 nitrogen and oxygen atoms in total. The number of rotatable bonds is 7. The van der Waals surface area contributed by atoms with E-state index in [-0.39, 0.29) is 17.2 Å². The molecule has 0 saturated carbocycles. The number of hydrogen-bond donors (Lipinski definition) is 1. The Morgan fingerprint density at radius 3 is 2.56 bits per heavy atom. The molecule has 2 aromatic carbocycles. The summed E-state index contributed by atoms with van der Waals surface area (Å²) in [5.41, 5.74) is 2.08. The van der Waals surface area contributed by atoms with Crippen molar-refractivity contribution in [1.29, 1.82) is 0 Å². The number of carbonyl (C=O) groups excluding carboxylic acids is 4. The summed E-state index contributed by atoms with van der Waals surface area (Å²) in [6.45, 7) is 4.89. The van der Waals surface area contributed by atoms with Gasteiger partial charge in [0.2, 0.25) is 5.91 Å². The Labute approximate surface area is 189 Å². The molecule has 9 heteroatoms. The minimum Gasteiger partial charge on any atom is -0.490 e. The third-order valence-electron chi connectivity index (χ3n) is 4.41. The van der Waals surface area contributed by atoms with Crippen LogP contribution < -0.4 is 14.8 Å². The molecular formula is C23H22N2O6S. The summed E-state index contributed by atoms with van der Waals surface area (Å²) < 4.78 is 10.6. The number of benzene rings is 2. The second kappa shape index (κ2) is 10.1. The number of anilines is 1. The first-order chi connectivity index (χ1) is 15.3. The van der Waals surface area contributed by atoms with E-state index >= 15 is 0 Å². The van der Waals surface area contributed by atoms with Crippen LogP contribution in [0.3, 0.4) is 0 Å². The molecule has 32 heavy (non-hydrogen) atoms. The number of hydrogen-bond acceptors (Lipinski definition) is 7. The summed E-state index contributed by atoms with van der Waals surface area (Å²) in [4.78, 5) is 49.8. The predicted molar refractivity (Wildman–Crippen MR) is 121 cm³/mol. The van der Waals surface area contributed by atoms with Gasteiger partial charge in [0.25, 0.3) is 11.1 Å². The van der Waals surface area contributed by atoms with Gasteiger partial charge in [-0.3, -0.25) is 24.1 Å². The Morgan fingerprint density at radius 2 is 1.88 bits per heavy atom. The molecule has 0 aromatic heterocycles. The number of aryl methyl sites for hydroxylation is 1. The van der Waals surface area contributed by atoms with Crippen LogP contribution in [0, 0.1) is 6.92 Å². The van der Waals surface area contributed by atoms with Crippen LogP contribution in [0.1, 0.15) is 25.0 Å². The normalized spacial score (nSPS) is 14.6. The molecule has 166 valence electrons. The Hall–Kier alpha value is -3.59. The lowest BCUT2D eigenvalue weighted by molar-refractivity contribution is -0.132. The molecule has 1 fully saturated rings. The highest BCUT2D eigenvalue weighted by Gasteiger charge is 2.36. The summed E-state index contributed by atoms with van der Waals surface area (Å²) in [7, 11) is 0. The van der Waals surface area contributed by atoms with Crippen molar-refractivity contribution in [3.63, 3.8) is 0 Å². The van der Waals surface area contributed by atoms with Crippen LogP contribution >= 0.6 is 11.8 Å². The average Bonchev–Trinajstić information content (AvgIpc) is 2.99. The van der Waals surface area contributed by atoms with E-state index in [9.17, 15) is 19.2 Å². The molecule has 0 bridgehead atoms. The van der Waals surface area contributed by atoms with Gasteiger partial charge in [-0.1, -0.05) is 24.3 Å². The lowest BCUT2D eigenvalue weighted by Gasteiger charge is -2.13. The van der Waals surface area contributed by atoms with Crippen molar-refractivity contribution in [3.8, 4) is 11.5 Å². The molecule has 2 aromatic rings. The van der Waals surface area contributed by atoms with E-state index in [1.165, 1.54) is 13.0 Å². The number of esters is 1. The Kier molecular flexibility index (Phi) is 7.32. The van der Waals surface area contributed by atoms with Crippen molar-refractivity contribution < 1.29 is 28.7 Å². The molecule has 3 amide bonds. The van der Waals surface area contributed by atoms with Crippen molar-refractivity contribution >= 4 is 46.5 Å². The summed E-state index contributed by atoms with van der Waals surface area (Å²) in [6, 6.07) is 12.0. The Bertz CT molecular complexity index is 1110. The fraction of sp³-hybridized carbons (Fsp3) is 0.217. The molecule has 0 spiro atoms. The number of para-hydroxylation sites is 1. The Morgan fingerprint density at radius 1 is 1.12 bits per heavy atom. The molecule has 0 aliphatic carbocycles. The first kappa shape index (κ1) is 23.1. The average molecular weight is 455 g/mol. The maximum absolute atomic E-state index is 12.7. The molecule has 3 rings (SSSR count). The predicted octanol–water partition coefficient (Wildman–Crippen LogP) is 3.99. The molecule has 1 N–H and O–H groups in total. The van der Waals surface area contributed by atoms with E-state index in [2.05, 4.69) is 5.32 Å². The summed E-state index contributed by atoms with van der Waals surface area (Å²) >= 11 is 0.754.